The third-order valence-electron chi connectivity index (χ3n) is 4.39. The first kappa shape index (κ1) is 24.3. The van der Waals surface area contributed by atoms with E-state index in [0.717, 1.165) is 15.6 Å². The Labute approximate surface area is 198 Å². The van der Waals surface area contributed by atoms with Crippen LogP contribution in [-0.4, -0.2) is 33.2 Å². The lowest BCUT2D eigenvalue weighted by Crippen LogP contribution is -2.39. The molecule has 0 heterocycles. The molecule has 1 amide bonds. The molecular formula is C24H24ClN3O4S. The van der Waals surface area contributed by atoms with E-state index in [9.17, 15) is 13.2 Å². The molecule has 0 atom stereocenters. The van der Waals surface area contributed by atoms with Crippen LogP contribution >= 0.6 is 11.6 Å². The van der Waals surface area contributed by atoms with Gasteiger partial charge in [0.1, 0.15) is 12.3 Å². The number of hydrogen-bond acceptors (Lipinski definition) is 5. The Kier molecular flexibility index (Phi) is 8.08. The van der Waals surface area contributed by atoms with E-state index in [1.165, 1.54) is 18.3 Å². The maximum absolute atomic E-state index is 13.3. The van der Waals surface area contributed by atoms with Gasteiger partial charge in [-0.3, -0.25) is 9.10 Å². The van der Waals surface area contributed by atoms with E-state index >= 15 is 0 Å². The molecule has 0 aliphatic heterocycles. The third kappa shape index (κ3) is 6.57. The molecule has 9 heteroatoms. The number of nitrogens with one attached hydrogen (secondary N) is 1. The van der Waals surface area contributed by atoms with Gasteiger partial charge < -0.3 is 4.74 Å². The highest BCUT2D eigenvalue weighted by Crippen LogP contribution is 2.30. The van der Waals surface area contributed by atoms with Crippen LogP contribution in [0.15, 0.2) is 88.9 Å². The number of halogens is 1. The van der Waals surface area contributed by atoms with Crippen molar-refractivity contribution in [2.75, 3.05) is 10.8 Å². The minimum absolute atomic E-state index is 0.0462. The highest BCUT2D eigenvalue weighted by Gasteiger charge is 2.28. The van der Waals surface area contributed by atoms with E-state index in [-0.39, 0.29) is 21.7 Å². The van der Waals surface area contributed by atoms with Crippen molar-refractivity contribution < 1.29 is 17.9 Å². The van der Waals surface area contributed by atoms with Crippen molar-refractivity contribution in [2.24, 2.45) is 5.10 Å². The van der Waals surface area contributed by atoms with Gasteiger partial charge in [0, 0.05) is 0 Å². The first-order valence-corrected chi connectivity index (χ1v) is 12.0. The molecule has 0 aromatic heterocycles. The first-order chi connectivity index (χ1) is 15.8. The standard InChI is InChI=1S/C24H24ClN3O4S/c1-18(2)32-20-14-12-19(13-15-20)16-26-27-24(29)17-28(23-11-7-6-10-22(23)25)33(30,31)21-8-4-3-5-9-21/h3-16,18H,17H2,1-2H3,(H,27,29)/b26-16+. The third-order valence-corrected chi connectivity index (χ3v) is 6.49. The van der Waals surface area contributed by atoms with Gasteiger partial charge in [0.2, 0.25) is 0 Å². The van der Waals surface area contributed by atoms with Crippen molar-refractivity contribution in [1.82, 2.24) is 5.43 Å². The van der Waals surface area contributed by atoms with Gasteiger partial charge in [0.15, 0.2) is 0 Å². The van der Waals surface area contributed by atoms with Gasteiger partial charge in [-0.25, -0.2) is 13.8 Å². The molecule has 0 aliphatic carbocycles. The quantitative estimate of drug-likeness (QED) is 0.357. The molecule has 0 bridgehead atoms. The summed E-state index contributed by atoms with van der Waals surface area (Å²) in [5.41, 5.74) is 3.31. The fourth-order valence-electron chi connectivity index (χ4n) is 2.92. The number of ether oxygens (including phenoxy) is 1. The van der Waals surface area contributed by atoms with E-state index in [1.54, 1.807) is 66.7 Å². The van der Waals surface area contributed by atoms with Crippen molar-refractivity contribution in [2.45, 2.75) is 24.8 Å². The van der Waals surface area contributed by atoms with Gasteiger partial charge in [0.05, 0.1) is 27.9 Å². The molecule has 0 saturated heterocycles. The molecule has 0 unspecified atom stereocenters. The average molecular weight is 486 g/mol. The Balaban J connectivity index is 1.76. The summed E-state index contributed by atoms with van der Waals surface area (Å²) in [4.78, 5) is 12.6. The minimum atomic E-state index is -4.04. The fourth-order valence-corrected chi connectivity index (χ4v) is 4.67. The zero-order chi connectivity index (χ0) is 23.8. The number of carbonyl (C=O) groups is 1. The smallest absolute Gasteiger partial charge is 0.264 e. The lowest BCUT2D eigenvalue weighted by Gasteiger charge is -2.24. The van der Waals surface area contributed by atoms with Crippen molar-refractivity contribution >= 4 is 39.4 Å². The van der Waals surface area contributed by atoms with Crippen LogP contribution in [0, 0.1) is 0 Å². The van der Waals surface area contributed by atoms with Crippen LogP contribution in [0.1, 0.15) is 19.4 Å². The second kappa shape index (κ2) is 11.0. The first-order valence-electron chi connectivity index (χ1n) is 10.2. The summed E-state index contributed by atoms with van der Waals surface area (Å²) in [6, 6.07) is 21.5. The lowest BCUT2D eigenvalue weighted by atomic mass is 10.2. The van der Waals surface area contributed by atoms with Gasteiger partial charge in [0.25, 0.3) is 15.9 Å². The molecular weight excluding hydrogens is 462 g/mol. The number of hydrazone groups is 1. The van der Waals surface area contributed by atoms with Crippen molar-refractivity contribution in [1.29, 1.82) is 0 Å². The number of hydrogen-bond donors (Lipinski definition) is 1. The summed E-state index contributed by atoms with van der Waals surface area (Å²) in [5.74, 6) is 0.109. The second-order valence-electron chi connectivity index (χ2n) is 7.30. The maximum atomic E-state index is 13.3. The largest absolute Gasteiger partial charge is 0.491 e. The Morgan fingerprint density at radius 2 is 1.67 bits per heavy atom. The highest BCUT2D eigenvalue weighted by molar-refractivity contribution is 7.92. The molecule has 0 radical (unpaired) electrons. The normalized spacial score (nSPS) is 11.5. The van der Waals surface area contributed by atoms with Crippen molar-refractivity contribution in [3.8, 4) is 5.75 Å². The zero-order valence-electron chi connectivity index (χ0n) is 18.2. The molecule has 33 heavy (non-hydrogen) atoms. The summed E-state index contributed by atoms with van der Waals surface area (Å²) in [7, 11) is -4.04. The fraction of sp³-hybridized carbons (Fsp3) is 0.167. The second-order valence-corrected chi connectivity index (χ2v) is 9.57. The van der Waals surface area contributed by atoms with Crippen LogP contribution in [0.4, 0.5) is 5.69 Å². The van der Waals surface area contributed by atoms with E-state index in [2.05, 4.69) is 10.5 Å². The van der Waals surface area contributed by atoms with Crippen LogP contribution < -0.4 is 14.5 Å². The number of sulfonamides is 1. The topological polar surface area (TPSA) is 88.1 Å². The molecule has 3 aromatic rings. The number of amides is 1. The number of benzene rings is 3. The summed E-state index contributed by atoms with van der Waals surface area (Å²) < 4.78 is 33.1. The number of anilines is 1. The number of para-hydroxylation sites is 1. The molecule has 0 saturated carbocycles. The molecule has 1 N–H and O–H groups in total. The molecule has 0 fully saturated rings. The molecule has 0 aliphatic rings. The number of nitrogens with zero attached hydrogens (tertiary/aromatic N) is 2. The SMILES string of the molecule is CC(C)Oc1ccc(/C=N/NC(=O)CN(c2ccccc2Cl)S(=O)(=O)c2ccccc2)cc1. The van der Waals surface area contributed by atoms with E-state index in [0.29, 0.717) is 0 Å². The van der Waals surface area contributed by atoms with Gasteiger partial charge in [-0.1, -0.05) is 41.9 Å². The monoisotopic (exact) mass is 485 g/mol. The Bertz CT molecular complexity index is 1210. The van der Waals surface area contributed by atoms with Gasteiger partial charge >= 0.3 is 0 Å². The molecule has 3 rings (SSSR count). The highest BCUT2D eigenvalue weighted by atomic mass is 35.5. The molecule has 3 aromatic carbocycles. The van der Waals surface area contributed by atoms with Gasteiger partial charge in [-0.2, -0.15) is 5.10 Å². The minimum Gasteiger partial charge on any atom is -0.491 e. The predicted molar refractivity (Wildman–Crippen MR) is 130 cm³/mol. The van der Waals surface area contributed by atoms with E-state index < -0.39 is 22.5 Å². The Morgan fingerprint density at radius 1 is 1.03 bits per heavy atom. The van der Waals surface area contributed by atoms with Crippen LogP contribution in [0.25, 0.3) is 0 Å². The predicted octanol–water partition coefficient (Wildman–Crippen LogP) is 4.47. The Hall–Kier alpha value is -3.36. The average Bonchev–Trinajstić information content (AvgIpc) is 2.79. The van der Waals surface area contributed by atoms with Crippen molar-refractivity contribution in [3.63, 3.8) is 0 Å². The molecule has 7 nitrogen and oxygen atoms in total. The van der Waals surface area contributed by atoms with Crippen LogP contribution in [0.3, 0.4) is 0 Å². The lowest BCUT2D eigenvalue weighted by molar-refractivity contribution is -0.119. The Morgan fingerprint density at radius 3 is 2.30 bits per heavy atom. The molecule has 0 spiro atoms. The summed E-state index contributed by atoms with van der Waals surface area (Å²) in [6.45, 7) is 3.38. The van der Waals surface area contributed by atoms with E-state index in [1.807, 2.05) is 13.8 Å². The van der Waals surface area contributed by atoms with Crippen molar-refractivity contribution in [3.05, 3.63) is 89.4 Å². The summed E-state index contributed by atoms with van der Waals surface area (Å²) in [6.07, 6.45) is 1.53. The van der Waals surface area contributed by atoms with Crippen LogP contribution in [0.2, 0.25) is 5.02 Å². The van der Waals surface area contributed by atoms with E-state index in [4.69, 9.17) is 16.3 Å². The maximum Gasteiger partial charge on any atom is 0.264 e. The zero-order valence-corrected chi connectivity index (χ0v) is 19.8. The molecule has 172 valence electrons. The van der Waals surface area contributed by atoms with Crippen LogP contribution in [-0.2, 0) is 14.8 Å². The number of carbonyl (C=O) groups excluding carboxylic acids is 1. The summed E-state index contributed by atoms with van der Waals surface area (Å²) >= 11 is 6.25. The number of rotatable bonds is 9. The van der Waals surface area contributed by atoms with Crippen LogP contribution in [0.5, 0.6) is 5.75 Å². The summed E-state index contributed by atoms with van der Waals surface area (Å²) in [5, 5.41) is 4.14. The van der Waals surface area contributed by atoms with Gasteiger partial charge in [-0.05, 0) is 67.9 Å². The van der Waals surface area contributed by atoms with Gasteiger partial charge in [-0.15, -0.1) is 0 Å².